The Bertz CT molecular complexity index is 2560. The maximum absolute atomic E-state index is 12.8. The Morgan fingerprint density at radius 2 is 0.931 bits per heavy atom. The van der Waals surface area contributed by atoms with Crippen molar-refractivity contribution in [2.45, 2.75) is 7.43 Å². The Morgan fingerprint density at radius 3 is 1.28 bits per heavy atom. The van der Waals surface area contributed by atoms with E-state index in [9.17, 15) is 40.5 Å². The SMILES string of the molecule is C.C=C[B]O.C=C[B]O.C=C[B]O.C=Cc1cn(-c2ccc(O)cc2)c(=O)c2c(C#N)cc(O)cc12.N#Cc1cc(O)cc2c(Br)cn(-c3ccc(O)cc3)c(=O)c12. The van der Waals surface area contributed by atoms with Gasteiger partial charge in [0.2, 0.25) is 0 Å². The van der Waals surface area contributed by atoms with Crippen LogP contribution < -0.4 is 11.1 Å². The van der Waals surface area contributed by atoms with Crippen LogP contribution in [0.1, 0.15) is 24.1 Å². The van der Waals surface area contributed by atoms with E-state index in [0.717, 1.165) is 22.4 Å². The number of nitrogens with zero attached hydrogens (tertiary/aromatic N) is 4. The molecule has 0 unspecified atom stereocenters. The van der Waals surface area contributed by atoms with Gasteiger partial charge in [0.15, 0.2) is 0 Å². The molecule has 4 aromatic carbocycles. The molecule has 0 aliphatic heterocycles. The molecule has 0 aliphatic carbocycles. The number of halogens is 1. The molecule has 6 rings (SSSR count). The number of phenolic OH excluding ortho intramolecular Hbond substituents is 4. The van der Waals surface area contributed by atoms with Crippen molar-refractivity contribution in [2.75, 3.05) is 0 Å². The fourth-order valence-corrected chi connectivity index (χ4v) is 5.35. The summed E-state index contributed by atoms with van der Waals surface area (Å²) in [6.45, 7) is 13.2. The molecule has 0 atom stereocenters. The van der Waals surface area contributed by atoms with Crippen molar-refractivity contribution in [3.05, 3.63) is 171 Å². The Balaban J connectivity index is 0.000000449. The van der Waals surface area contributed by atoms with E-state index >= 15 is 0 Å². The zero-order valence-corrected chi connectivity index (χ0v) is 31.7. The van der Waals surface area contributed by atoms with Crippen molar-refractivity contribution in [3.63, 3.8) is 0 Å². The molecule has 13 nitrogen and oxygen atoms in total. The zero-order valence-electron chi connectivity index (χ0n) is 30.1. The van der Waals surface area contributed by atoms with Crippen LogP contribution in [0.5, 0.6) is 23.0 Å². The van der Waals surface area contributed by atoms with Gasteiger partial charge in [-0.25, -0.2) is 0 Å². The summed E-state index contributed by atoms with van der Waals surface area (Å²) < 4.78 is 3.34. The Hall–Kier alpha value is -7.01. The lowest BCUT2D eigenvalue weighted by Crippen LogP contribution is -2.19. The van der Waals surface area contributed by atoms with Crippen molar-refractivity contribution < 1.29 is 35.5 Å². The van der Waals surface area contributed by atoms with E-state index in [1.54, 1.807) is 42.7 Å². The average Bonchev–Trinajstić information content (AvgIpc) is 3.22. The number of hydrogen-bond donors (Lipinski definition) is 7. The standard InChI is InChI=1S/C18H12N2O3.C16H9BrN2O3.3C2H4BO.CH4/c1-2-11-10-20(13-3-5-14(21)6-4-13)18(23)17-12(9-19)7-15(22)8-16(11)17;17-14-8-19(10-1-3-11(20)4-2-10)16(22)15-9(7-18)5-12(21)6-13(14)15;3*1-2-3-4;/h2-8,10,21-22H,1H2;1-6,8,20-21H;3*2,4H,1H2;1H4. The molecule has 7 N–H and O–H groups in total. The molecule has 0 saturated heterocycles. The van der Waals surface area contributed by atoms with Gasteiger partial charge in [-0.1, -0.05) is 38.0 Å². The van der Waals surface area contributed by atoms with E-state index in [1.165, 1.54) is 75.6 Å². The van der Waals surface area contributed by atoms with Crippen molar-refractivity contribution in [1.29, 1.82) is 10.5 Å². The number of aromatic hydroxyl groups is 4. The molecule has 0 saturated carbocycles. The van der Waals surface area contributed by atoms with Gasteiger partial charge in [0.1, 0.15) is 35.1 Å². The van der Waals surface area contributed by atoms with Gasteiger partial charge in [0, 0.05) is 39.0 Å². The number of phenols is 4. The van der Waals surface area contributed by atoms with E-state index in [1.807, 2.05) is 12.1 Å². The van der Waals surface area contributed by atoms with Gasteiger partial charge in [0.05, 0.1) is 21.9 Å². The second-order valence-corrected chi connectivity index (χ2v) is 11.7. The third-order valence-corrected chi connectivity index (χ3v) is 7.86. The smallest absolute Gasteiger partial charge is 0.317 e. The molecule has 2 heterocycles. The first kappa shape index (κ1) is 49.0. The van der Waals surface area contributed by atoms with Crippen LogP contribution >= 0.6 is 15.9 Å². The van der Waals surface area contributed by atoms with Crippen molar-refractivity contribution in [2.24, 2.45) is 0 Å². The molecule has 0 amide bonds. The van der Waals surface area contributed by atoms with Gasteiger partial charge in [-0.3, -0.25) is 18.7 Å². The van der Waals surface area contributed by atoms with Gasteiger partial charge in [-0.2, -0.15) is 10.5 Å². The van der Waals surface area contributed by atoms with Gasteiger partial charge in [-0.15, -0.1) is 19.7 Å². The monoisotopic (exact) mass is 841 g/mol. The molecular weight excluding hydrogens is 805 g/mol. The lowest BCUT2D eigenvalue weighted by Gasteiger charge is -2.12. The third-order valence-electron chi connectivity index (χ3n) is 7.22. The highest BCUT2D eigenvalue weighted by molar-refractivity contribution is 9.10. The largest absolute Gasteiger partial charge is 0.508 e. The Labute approximate surface area is 345 Å². The summed E-state index contributed by atoms with van der Waals surface area (Å²) in [5.41, 5.74) is 1.17. The van der Waals surface area contributed by atoms with Crippen molar-refractivity contribution in [1.82, 2.24) is 9.13 Å². The molecule has 0 fully saturated rings. The van der Waals surface area contributed by atoms with Gasteiger partial charge in [-0.05, 0) is 94.3 Å². The fourth-order valence-electron chi connectivity index (χ4n) is 4.83. The molecule has 17 heteroatoms. The van der Waals surface area contributed by atoms with Gasteiger partial charge < -0.3 is 35.5 Å². The molecule has 6 aromatic rings. The molecule has 0 spiro atoms. The second kappa shape index (κ2) is 24.5. The minimum Gasteiger partial charge on any atom is -0.508 e. The highest BCUT2D eigenvalue weighted by atomic mass is 79.9. The first-order valence-electron chi connectivity index (χ1n) is 16.1. The maximum atomic E-state index is 12.8. The summed E-state index contributed by atoms with van der Waals surface area (Å²) in [5, 5.41) is 80.9. The molecule has 0 aliphatic rings. The maximum Gasteiger partial charge on any atom is 0.317 e. The first-order valence-corrected chi connectivity index (χ1v) is 16.9. The number of aromatic nitrogens is 2. The number of rotatable bonds is 6. The molecule has 291 valence electrons. The number of pyridine rings is 2. The van der Waals surface area contributed by atoms with Crippen LogP contribution in [0.3, 0.4) is 0 Å². The number of benzene rings is 4. The topological polar surface area (TPSA) is 233 Å². The van der Waals surface area contributed by atoms with Crippen molar-refractivity contribution in [3.8, 4) is 46.5 Å². The highest BCUT2D eigenvalue weighted by Gasteiger charge is 2.15. The summed E-state index contributed by atoms with van der Waals surface area (Å²) >= 11 is 3.36. The first-order chi connectivity index (χ1) is 27.3. The van der Waals surface area contributed by atoms with Crippen LogP contribution in [0.4, 0.5) is 0 Å². The van der Waals surface area contributed by atoms with Crippen LogP contribution in [0.2, 0.25) is 0 Å². The summed E-state index contributed by atoms with van der Waals surface area (Å²) in [4.78, 5) is 25.5. The van der Waals surface area contributed by atoms with E-state index < -0.39 is 0 Å². The lowest BCUT2D eigenvalue weighted by atomic mass is 10.0. The van der Waals surface area contributed by atoms with Crippen LogP contribution in [0.15, 0.2) is 143 Å². The summed E-state index contributed by atoms with van der Waals surface area (Å²) in [6, 6.07) is 21.6. The van der Waals surface area contributed by atoms with E-state index in [-0.39, 0.29) is 63.4 Å². The predicted molar refractivity (Wildman–Crippen MR) is 234 cm³/mol. The zero-order chi connectivity index (χ0) is 42.7. The van der Waals surface area contributed by atoms with E-state index in [4.69, 9.17) is 15.1 Å². The minimum absolute atomic E-state index is 0. The summed E-state index contributed by atoms with van der Waals surface area (Å²) in [6.07, 6.45) is 4.71. The lowest BCUT2D eigenvalue weighted by molar-refractivity contribution is 0.474. The number of nitriles is 2. The predicted octanol–water partition coefficient (Wildman–Crippen LogP) is 5.81. The molecule has 0 bridgehead atoms. The highest BCUT2D eigenvalue weighted by Crippen LogP contribution is 2.29. The van der Waals surface area contributed by atoms with Crippen LogP contribution in [0.25, 0.3) is 39.0 Å². The van der Waals surface area contributed by atoms with E-state index in [0.29, 0.717) is 32.2 Å². The van der Waals surface area contributed by atoms with Crippen LogP contribution in [-0.2, 0) is 0 Å². The van der Waals surface area contributed by atoms with Crippen molar-refractivity contribution >= 4 is 66.0 Å². The summed E-state index contributed by atoms with van der Waals surface area (Å²) in [5.74, 6) is 3.94. The van der Waals surface area contributed by atoms with E-state index in [2.05, 4.69) is 42.2 Å². The minimum atomic E-state index is -0.382. The number of hydrogen-bond acceptors (Lipinski definition) is 11. The molecule has 2 aromatic heterocycles. The van der Waals surface area contributed by atoms with Gasteiger partial charge >= 0.3 is 22.4 Å². The third kappa shape index (κ3) is 12.8. The van der Waals surface area contributed by atoms with Crippen LogP contribution in [-0.4, -0.2) is 67.1 Å². The number of fused-ring (bicyclic) bond motifs is 2. The van der Waals surface area contributed by atoms with Crippen LogP contribution in [0, 0.1) is 22.7 Å². The normalized spacial score (nSPS) is 9.21. The second-order valence-electron chi connectivity index (χ2n) is 10.9. The average molecular weight is 842 g/mol. The fraction of sp³-hybridized carbons (Fsp3) is 0.0244. The van der Waals surface area contributed by atoms with Gasteiger partial charge in [0.25, 0.3) is 11.1 Å². The molecule has 3 radical (unpaired) electrons. The Kier molecular flexibility index (Phi) is 20.7. The Morgan fingerprint density at radius 1 is 0.586 bits per heavy atom. The quantitative estimate of drug-likeness (QED) is 0.0989. The summed E-state index contributed by atoms with van der Waals surface area (Å²) in [7, 11) is 2.67. The molecular formula is C41H37B3BrN4O9. The molecule has 58 heavy (non-hydrogen) atoms.